The van der Waals surface area contributed by atoms with Crippen molar-refractivity contribution >= 4 is 81.3 Å². The van der Waals surface area contributed by atoms with Crippen molar-refractivity contribution in [1.82, 2.24) is 0 Å². The van der Waals surface area contributed by atoms with Crippen LogP contribution in [-0.4, -0.2) is 0 Å². The molecule has 3 heteroatoms. The van der Waals surface area contributed by atoms with E-state index in [4.69, 9.17) is 4.42 Å². The minimum absolute atomic E-state index is 0.892. The molecule has 12 rings (SSSR count). The number of para-hydroxylation sites is 3. The molecule has 2 nitrogen and oxygen atoms in total. The van der Waals surface area contributed by atoms with Crippen LogP contribution in [0.25, 0.3) is 97.4 Å². The van der Waals surface area contributed by atoms with E-state index in [1.54, 1.807) is 0 Å². The summed E-state index contributed by atoms with van der Waals surface area (Å²) in [7, 11) is 0. The zero-order chi connectivity index (χ0) is 40.3. The molecule has 0 saturated heterocycles. The molecule has 2 aromatic heterocycles. The van der Waals surface area contributed by atoms with Gasteiger partial charge in [-0.25, -0.2) is 0 Å². The maximum absolute atomic E-state index is 6.62. The van der Waals surface area contributed by atoms with E-state index in [1.807, 2.05) is 17.4 Å². The molecule has 0 unspecified atom stereocenters. The third-order valence-electron chi connectivity index (χ3n) is 12.1. The highest BCUT2D eigenvalue weighted by Gasteiger charge is 2.21. The summed E-state index contributed by atoms with van der Waals surface area (Å²) in [5.41, 5.74) is 14.3. The fraction of sp³-hybridized carbons (Fsp3) is 0. The predicted octanol–water partition coefficient (Wildman–Crippen LogP) is 17.2. The zero-order valence-corrected chi connectivity index (χ0v) is 33.9. The Hall–Kier alpha value is -7.72. The lowest BCUT2D eigenvalue weighted by molar-refractivity contribution is 0.670. The molecule has 0 spiro atoms. The largest absolute Gasteiger partial charge is 0.455 e. The molecule has 0 N–H and O–H groups in total. The number of hydrogen-bond donors (Lipinski definition) is 0. The average molecular weight is 796 g/mol. The molecule has 0 aliphatic heterocycles. The van der Waals surface area contributed by atoms with Gasteiger partial charge in [0, 0.05) is 53.4 Å². The van der Waals surface area contributed by atoms with Gasteiger partial charge < -0.3 is 9.32 Å². The van der Waals surface area contributed by atoms with Crippen LogP contribution >= 0.6 is 11.3 Å². The average Bonchev–Trinajstić information content (AvgIpc) is 3.90. The fourth-order valence-corrected chi connectivity index (χ4v) is 10.3. The molecule has 0 fully saturated rings. The molecular weight excluding hydrogens is 759 g/mol. The first kappa shape index (κ1) is 35.2. The van der Waals surface area contributed by atoms with Crippen LogP contribution in [0, 0.1) is 0 Å². The number of rotatable bonds is 7. The summed E-state index contributed by atoms with van der Waals surface area (Å²) in [4.78, 5) is 2.39. The van der Waals surface area contributed by atoms with Gasteiger partial charge in [0.25, 0.3) is 0 Å². The van der Waals surface area contributed by atoms with Gasteiger partial charge in [-0.05, 0) is 92.7 Å². The standard InChI is InChI=1S/C58H37NOS/c1-2-16-46-40(12-1)13-10-20-47(46)41-28-26-38(27-29-41)42-14-9-15-45(36-42)59(44-33-30-39(31-34-44)43-32-35-51-50-19-5-8-25-56(50)61-57(51)37-43)54-23-6-3-17-48(54)52-21-11-22-53-49-18-4-7-24-55(49)60-58(52)53/h1-37H. The molecule has 61 heavy (non-hydrogen) atoms. The SMILES string of the molecule is c1cc(-c2ccc(-c3cccc4ccccc34)cc2)cc(N(c2ccc(-c3ccc4c(c3)sc3ccccc34)cc2)c2ccccc2-c2cccc3c2oc2ccccc23)c1. The summed E-state index contributed by atoms with van der Waals surface area (Å²) in [5.74, 6) is 0. The van der Waals surface area contributed by atoms with E-state index in [0.717, 1.165) is 61.3 Å². The van der Waals surface area contributed by atoms with Crippen molar-refractivity contribution in [3.63, 3.8) is 0 Å². The lowest BCUT2D eigenvalue weighted by Crippen LogP contribution is -2.11. The van der Waals surface area contributed by atoms with E-state index < -0.39 is 0 Å². The second kappa shape index (κ2) is 14.5. The van der Waals surface area contributed by atoms with Crippen molar-refractivity contribution in [2.24, 2.45) is 0 Å². The smallest absolute Gasteiger partial charge is 0.143 e. The molecule has 0 amide bonds. The van der Waals surface area contributed by atoms with Crippen LogP contribution in [0.3, 0.4) is 0 Å². The first-order valence-corrected chi connectivity index (χ1v) is 21.6. The van der Waals surface area contributed by atoms with Crippen LogP contribution in [0.2, 0.25) is 0 Å². The molecule has 0 bridgehead atoms. The maximum atomic E-state index is 6.62. The summed E-state index contributed by atoms with van der Waals surface area (Å²) in [5, 5.41) is 7.38. The molecule has 0 radical (unpaired) electrons. The second-order valence-electron chi connectivity index (χ2n) is 15.6. The van der Waals surface area contributed by atoms with Crippen molar-refractivity contribution in [3.8, 4) is 44.5 Å². The third kappa shape index (κ3) is 6.09. The second-order valence-corrected chi connectivity index (χ2v) is 16.7. The Labute approximate surface area is 357 Å². The lowest BCUT2D eigenvalue weighted by atomic mass is 9.96. The van der Waals surface area contributed by atoms with E-state index in [-0.39, 0.29) is 0 Å². The third-order valence-corrected chi connectivity index (χ3v) is 13.2. The number of furan rings is 1. The summed E-state index contributed by atoms with van der Waals surface area (Å²) in [6, 6.07) is 81.2. The van der Waals surface area contributed by atoms with Gasteiger partial charge in [-0.15, -0.1) is 11.3 Å². The van der Waals surface area contributed by atoms with Crippen molar-refractivity contribution in [2.75, 3.05) is 4.90 Å². The van der Waals surface area contributed by atoms with Gasteiger partial charge in [0.2, 0.25) is 0 Å². The Morgan fingerprint density at radius 2 is 0.918 bits per heavy atom. The predicted molar refractivity (Wildman–Crippen MR) is 261 cm³/mol. The molecule has 0 aliphatic carbocycles. The van der Waals surface area contributed by atoms with Crippen LogP contribution < -0.4 is 4.90 Å². The number of thiophene rings is 1. The molecule has 10 aromatic carbocycles. The van der Waals surface area contributed by atoms with Gasteiger partial charge in [0.15, 0.2) is 0 Å². The Balaban J connectivity index is 0.981. The van der Waals surface area contributed by atoms with Gasteiger partial charge >= 0.3 is 0 Å². The normalized spacial score (nSPS) is 11.6. The molecule has 0 aliphatic rings. The maximum Gasteiger partial charge on any atom is 0.143 e. The van der Waals surface area contributed by atoms with E-state index in [1.165, 1.54) is 53.2 Å². The Morgan fingerprint density at radius 1 is 0.328 bits per heavy atom. The Kier molecular flexibility index (Phi) is 8.39. The molecule has 12 aromatic rings. The first-order valence-electron chi connectivity index (χ1n) is 20.7. The van der Waals surface area contributed by atoms with Gasteiger partial charge in [0.05, 0.1) is 5.69 Å². The van der Waals surface area contributed by atoms with Crippen LogP contribution in [0.4, 0.5) is 17.1 Å². The topological polar surface area (TPSA) is 16.4 Å². The van der Waals surface area contributed by atoms with Crippen molar-refractivity contribution in [2.45, 2.75) is 0 Å². The lowest BCUT2D eigenvalue weighted by Gasteiger charge is -2.28. The molecule has 2 heterocycles. The first-order chi connectivity index (χ1) is 30.2. The van der Waals surface area contributed by atoms with Gasteiger partial charge in [-0.1, -0.05) is 176 Å². The van der Waals surface area contributed by atoms with E-state index in [0.29, 0.717) is 0 Å². The number of anilines is 3. The quantitative estimate of drug-likeness (QED) is 0.160. The molecular formula is C58H37NOS. The van der Waals surface area contributed by atoms with Crippen molar-refractivity contribution in [1.29, 1.82) is 0 Å². The Bertz CT molecular complexity index is 3590. The van der Waals surface area contributed by atoms with Crippen LogP contribution in [0.15, 0.2) is 229 Å². The summed E-state index contributed by atoms with van der Waals surface area (Å²) in [6.07, 6.45) is 0. The van der Waals surface area contributed by atoms with E-state index >= 15 is 0 Å². The van der Waals surface area contributed by atoms with Crippen LogP contribution in [-0.2, 0) is 0 Å². The molecule has 0 atom stereocenters. The van der Waals surface area contributed by atoms with Gasteiger partial charge in [-0.2, -0.15) is 0 Å². The summed E-state index contributed by atoms with van der Waals surface area (Å²) >= 11 is 1.86. The van der Waals surface area contributed by atoms with Crippen LogP contribution in [0.1, 0.15) is 0 Å². The molecule has 0 saturated carbocycles. The molecule has 286 valence electrons. The zero-order valence-electron chi connectivity index (χ0n) is 33.1. The fourth-order valence-electron chi connectivity index (χ4n) is 9.14. The van der Waals surface area contributed by atoms with E-state index in [9.17, 15) is 0 Å². The van der Waals surface area contributed by atoms with Crippen molar-refractivity contribution < 1.29 is 4.42 Å². The van der Waals surface area contributed by atoms with E-state index in [2.05, 4.69) is 223 Å². The number of nitrogens with zero attached hydrogens (tertiary/aromatic N) is 1. The monoisotopic (exact) mass is 795 g/mol. The highest BCUT2D eigenvalue weighted by Crippen LogP contribution is 2.45. The summed E-state index contributed by atoms with van der Waals surface area (Å²) in [6.45, 7) is 0. The minimum atomic E-state index is 0.892. The highest BCUT2D eigenvalue weighted by molar-refractivity contribution is 7.25. The number of hydrogen-bond acceptors (Lipinski definition) is 3. The number of fused-ring (bicyclic) bond motifs is 7. The Morgan fingerprint density at radius 3 is 1.80 bits per heavy atom. The van der Waals surface area contributed by atoms with Crippen molar-refractivity contribution in [3.05, 3.63) is 224 Å². The van der Waals surface area contributed by atoms with Gasteiger partial charge in [-0.3, -0.25) is 0 Å². The summed E-state index contributed by atoms with van der Waals surface area (Å²) < 4.78 is 9.25. The van der Waals surface area contributed by atoms with Crippen LogP contribution in [0.5, 0.6) is 0 Å². The highest BCUT2D eigenvalue weighted by atomic mass is 32.1. The number of benzene rings is 10. The van der Waals surface area contributed by atoms with Gasteiger partial charge in [0.1, 0.15) is 11.2 Å². The minimum Gasteiger partial charge on any atom is -0.455 e.